The van der Waals surface area contributed by atoms with Crippen molar-refractivity contribution in [3.05, 3.63) is 63.3 Å². The van der Waals surface area contributed by atoms with Crippen molar-refractivity contribution in [3.8, 4) is 0 Å². The molecule has 1 fully saturated rings. The highest BCUT2D eigenvalue weighted by molar-refractivity contribution is 6.30. The summed E-state index contributed by atoms with van der Waals surface area (Å²) in [7, 11) is 0. The van der Waals surface area contributed by atoms with Gasteiger partial charge in [-0.1, -0.05) is 17.7 Å². The number of benzene rings is 1. The zero-order chi connectivity index (χ0) is 17.1. The number of aromatic nitrogens is 1. The fourth-order valence-corrected chi connectivity index (χ4v) is 2.84. The van der Waals surface area contributed by atoms with Crippen LogP contribution in [0.25, 0.3) is 0 Å². The minimum Gasteiger partial charge on any atom is -0.365 e. The molecule has 8 heteroatoms. The van der Waals surface area contributed by atoms with E-state index in [9.17, 15) is 14.9 Å². The maximum atomic E-state index is 12.5. The van der Waals surface area contributed by atoms with Gasteiger partial charge in [-0.05, 0) is 34.2 Å². The highest BCUT2D eigenvalue weighted by Gasteiger charge is 2.23. The summed E-state index contributed by atoms with van der Waals surface area (Å²) in [4.78, 5) is 30.3. The lowest BCUT2D eigenvalue weighted by molar-refractivity contribution is -0.389. The van der Waals surface area contributed by atoms with E-state index in [1.54, 1.807) is 35.2 Å². The lowest BCUT2D eigenvalue weighted by Gasteiger charge is -2.35. The van der Waals surface area contributed by atoms with E-state index in [2.05, 4.69) is 9.88 Å². The SMILES string of the molecule is O=C(c1cccc(Cl)c1)N1CCN(c2ccc([N+](=O)[O-])nc2)CC1. The molecular weight excluding hydrogens is 332 g/mol. The molecule has 0 atom stereocenters. The van der Waals surface area contributed by atoms with Crippen LogP contribution in [-0.2, 0) is 0 Å². The van der Waals surface area contributed by atoms with Crippen LogP contribution in [0.4, 0.5) is 11.5 Å². The number of nitro groups is 1. The van der Waals surface area contributed by atoms with Gasteiger partial charge >= 0.3 is 5.82 Å². The molecule has 1 aromatic heterocycles. The molecule has 1 aliphatic rings. The second-order valence-corrected chi connectivity index (χ2v) is 5.86. The molecule has 2 aromatic rings. The molecule has 0 spiro atoms. The standard InChI is InChI=1S/C16H15ClN4O3/c17-13-3-1-2-12(10-13)16(22)20-8-6-19(7-9-20)14-4-5-15(18-11-14)21(23)24/h1-5,10-11H,6-9H2. The van der Waals surface area contributed by atoms with E-state index in [4.69, 9.17) is 11.6 Å². The first kappa shape index (κ1) is 16.2. The topological polar surface area (TPSA) is 79.6 Å². The molecule has 1 saturated heterocycles. The quantitative estimate of drug-likeness (QED) is 0.630. The highest BCUT2D eigenvalue weighted by atomic mass is 35.5. The van der Waals surface area contributed by atoms with Crippen LogP contribution in [0, 0.1) is 10.1 Å². The lowest BCUT2D eigenvalue weighted by Crippen LogP contribution is -2.48. The monoisotopic (exact) mass is 346 g/mol. The van der Waals surface area contributed by atoms with E-state index in [1.165, 1.54) is 12.3 Å². The van der Waals surface area contributed by atoms with Gasteiger partial charge in [-0.2, -0.15) is 0 Å². The van der Waals surface area contributed by atoms with Crippen LogP contribution >= 0.6 is 11.6 Å². The van der Waals surface area contributed by atoms with Crippen LogP contribution in [0.5, 0.6) is 0 Å². The number of amides is 1. The van der Waals surface area contributed by atoms with Crippen molar-refractivity contribution in [2.75, 3.05) is 31.1 Å². The number of hydrogen-bond donors (Lipinski definition) is 0. The van der Waals surface area contributed by atoms with Gasteiger partial charge in [-0.25, -0.2) is 0 Å². The van der Waals surface area contributed by atoms with Gasteiger partial charge in [0.1, 0.15) is 0 Å². The molecule has 1 aromatic carbocycles. The Balaban J connectivity index is 1.63. The van der Waals surface area contributed by atoms with E-state index in [0.717, 1.165) is 5.69 Å². The number of anilines is 1. The Morgan fingerprint density at radius 2 is 1.92 bits per heavy atom. The van der Waals surface area contributed by atoms with Crippen LogP contribution in [0.2, 0.25) is 5.02 Å². The Kier molecular flexibility index (Phi) is 4.61. The first-order valence-corrected chi connectivity index (χ1v) is 7.82. The smallest absolute Gasteiger partial charge is 0.363 e. The number of hydrogen-bond acceptors (Lipinski definition) is 5. The number of piperazine rings is 1. The second kappa shape index (κ2) is 6.84. The van der Waals surface area contributed by atoms with Gasteiger partial charge in [0.05, 0.1) is 5.69 Å². The molecule has 3 rings (SSSR count). The highest BCUT2D eigenvalue weighted by Crippen LogP contribution is 2.19. The van der Waals surface area contributed by atoms with Gasteiger partial charge < -0.3 is 19.9 Å². The molecule has 1 aliphatic heterocycles. The van der Waals surface area contributed by atoms with Crippen molar-refractivity contribution in [1.29, 1.82) is 0 Å². The number of rotatable bonds is 3. The van der Waals surface area contributed by atoms with Gasteiger partial charge in [-0.15, -0.1) is 0 Å². The van der Waals surface area contributed by atoms with E-state index in [1.807, 2.05) is 0 Å². The molecule has 1 amide bonds. The normalized spacial score (nSPS) is 14.5. The molecule has 0 radical (unpaired) electrons. The zero-order valence-corrected chi connectivity index (χ0v) is 13.5. The summed E-state index contributed by atoms with van der Waals surface area (Å²) in [5, 5.41) is 11.2. The number of pyridine rings is 1. The minimum absolute atomic E-state index is 0.0426. The predicted octanol–water partition coefficient (Wildman–Crippen LogP) is 2.61. The van der Waals surface area contributed by atoms with Crippen LogP contribution in [-0.4, -0.2) is 46.9 Å². The van der Waals surface area contributed by atoms with Crippen molar-refractivity contribution in [2.24, 2.45) is 0 Å². The molecule has 0 aliphatic carbocycles. The molecule has 24 heavy (non-hydrogen) atoms. The Bertz CT molecular complexity index is 758. The van der Waals surface area contributed by atoms with Crippen LogP contribution in [0.3, 0.4) is 0 Å². The summed E-state index contributed by atoms with van der Waals surface area (Å²) in [5.41, 5.74) is 1.39. The zero-order valence-electron chi connectivity index (χ0n) is 12.8. The third kappa shape index (κ3) is 3.46. The fraction of sp³-hybridized carbons (Fsp3) is 0.250. The molecule has 124 valence electrons. The lowest BCUT2D eigenvalue weighted by atomic mass is 10.2. The predicted molar refractivity (Wildman–Crippen MR) is 90.5 cm³/mol. The van der Waals surface area contributed by atoms with Gasteiger partial charge in [-0.3, -0.25) is 4.79 Å². The molecule has 0 unspecified atom stereocenters. The fourth-order valence-electron chi connectivity index (χ4n) is 2.65. The molecule has 0 N–H and O–H groups in total. The number of halogens is 1. The maximum Gasteiger partial charge on any atom is 0.363 e. The van der Waals surface area contributed by atoms with Crippen molar-refractivity contribution < 1.29 is 9.72 Å². The van der Waals surface area contributed by atoms with Gasteiger partial charge in [0, 0.05) is 42.8 Å². The van der Waals surface area contributed by atoms with Gasteiger partial charge in [0.15, 0.2) is 6.20 Å². The summed E-state index contributed by atoms with van der Waals surface area (Å²) in [6, 6.07) is 9.97. The van der Waals surface area contributed by atoms with Gasteiger partial charge in [0.2, 0.25) is 0 Å². The molecule has 0 bridgehead atoms. The van der Waals surface area contributed by atoms with E-state index >= 15 is 0 Å². The van der Waals surface area contributed by atoms with E-state index in [0.29, 0.717) is 36.8 Å². The summed E-state index contributed by atoms with van der Waals surface area (Å²) in [6.45, 7) is 2.43. The Morgan fingerprint density at radius 3 is 2.50 bits per heavy atom. The Hall–Kier alpha value is -2.67. The Labute approximate surface area is 143 Å². The average molecular weight is 347 g/mol. The van der Waals surface area contributed by atoms with Gasteiger partial charge in [0.25, 0.3) is 5.91 Å². The van der Waals surface area contributed by atoms with Crippen molar-refractivity contribution in [1.82, 2.24) is 9.88 Å². The summed E-state index contributed by atoms with van der Waals surface area (Å²) in [6.07, 6.45) is 1.49. The van der Waals surface area contributed by atoms with Crippen LogP contribution < -0.4 is 4.90 Å². The summed E-state index contributed by atoms with van der Waals surface area (Å²) < 4.78 is 0. The van der Waals surface area contributed by atoms with Crippen molar-refractivity contribution in [3.63, 3.8) is 0 Å². The summed E-state index contributed by atoms with van der Waals surface area (Å²) in [5.74, 6) is -0.215. The first-order valence-electron chi connectivity index (χ1n) is 7.45. The average Bonchev–Trinajstić information content (AvgIpc) is 2.61. The molecule has 2 heterocycles. The van der Waals surface area contributed by atoms with Crippen molar-refractivity contribution in [2.45, 2.75) is 0 Å². The van der Waals surface area contributed by atoms with E-state index in [-0.39, 0.29) is 11.7 Å². The number of carbonyl (C=O) groups is 1. The number of nitrogens with zero attached hydrogens (tertiary/aromatic N) is 4. The minimum atomic E-state index is -0.522. The molecule has 0 saturated carbocycles. The Morgan fingerprint density at radius 1 is 1.17 bits per heavy atom. The largest absolute Gasteiger partial charge is 0.365 e. The summed E-state index contributed by atoms with van der Waals surface area (Å²) >= 11 is 5.93. The van der Waals surface area contributed by atoms with Crippen LogP contribution in [0.1, 0.15) is 10.4 Å². The van der Waals surface area contributed by atoms with Crippen molar-refractivity contribution >= 4 is 29.0 Å². The molecular formula is C16H15ClN4O3. The van der Waals surface area contributed by atoms with E-state index < -0.39 is 4.92 Å². The third-order valence-corrected chi connectivity index (χ3v) is 4.16. The first-order chi connectivity index (χ1) is 11.5. The molecule has 7 nitrogen and oxygen atoms in total. The van der Waals surface area contributed by atoms with Crippen LogP contribution in [0.15, 0.2) is 42.6 Å². The maximum absolute atomic E-state index is 12.5. The third-order valence-electron chi connectivity index (χ3n) is 3.92. The number of carbonyl (C=O) groups excluding carboxylic acids is 1. The second-order valence-electron chi connectivity index (χ2n) is 5.42.